The van der Waals surface area contributed by atoms with Gasteiger partial charge in [0, 0.05) is 10.1 Å². The second kappa shape index (κ2) is 5.58. The molecule has 0 bridgehead atoms. The molecular weight excluding hydrogens is 292 g/mol. The van der Waals surface area contributed by atoms with E-state index in [2.05, 4.69) is 32.9 Å². The van der Waals surface area contributed by atoms with E-state index in [0.717, 1.165) is 22.1 Å². The van der Waals surface area contributed by atoms with Crippen molar-refractivity contribution in [3.63, 3.8) is 0 Å². The summed E-state index contributed by atoms with van der Waals surface area (Å²) in [4.78, 5) is 11.9. The number of aldehydes is 1. The third-order valence-corrected chi connectivity index (χ3v) is 4.70. The quantitative estimate of drug-likeness (QED) is 0.571. The number of thiophene rings is 1. The predicted octanol–water partition coefficient (Wildman–Crippen LogP) is 5.80. The molecule has 0 saturated heterocycles. The van der Waals surface area contributed by atoms with Gasteiger partial charge < -0.3 is 4.74 Å². The Hall–Kier alpha value is -2.13. The summed E-state index contributed by atoms with van der Waals surface area (Å²) in [5, 5.41) is 0.981. The summed E-state index contributed by atoms with van der Waals surface area (Å²) in [6.45, 7) is 6.54. The van der Waals surface area contributed by atoms with E-state index in [1.165, 1.54) is 16.9 Å². The molecule has 0 fully saturated rings. The minimum absolute atomic E-state index is 0.113. The normalized spacial score (nSPS) is 11.6. The molecule has 22 heavy (non-hydrogen) atoms. The van der Waals surface area contributed by atoms with Crippen LogP contribution in [0.3, 0.4) is 0 Å². The van der Waals surface area contributed by atoms with Crippen LogP contribution in [0.15, 0.2) is 48.5 Å². The summed E-state index contributed by atoms with van der Waals surface area (Å²) in [6.07, 6.45) is 0.865. The maximum atomic E-state index is 11.3. The molecule has 0 radical (unpaired) electrons. The van der Waals surface area contributed by atoms with Crippen molar-refractivity contribution in [3.8, 4) is 11.5 Å². The Morgan fingerprint density at radius 3 is 2.32 bits per heavy atom. The van der Waals surface area contributed by atoms with Gasteiger partial charge in [-0.15, -0.1) is 11.3 Å². The molecule has 0 amide bonds. The fraction of sp³-hybridized carbons (Fsp3) is 0.211. The van der Waals surface area contributed by atoms with Crippen LogP contribution in [0.4, 0.5) is 0 Å². The van der Waals surface area contributed by atoms with Gasteiger partial charge in [0.15, 0.2) is 12.0 Å². The summed E-state index contributed by atoms with van der Waals surface area (Å²) in [5.41, 5.74) is 1.37. The molecule has 0 N–H and O–H groups in total. The molecule has 3 heteroatoms. The van der Waals surface area contributed by atoms with Crippen molar-refractivity contribution < 1.29 is 9.53 Å². The fourth-order valence-electron chi connectivity index (χ4n) is 2.36. The zero-order valence-corrected chi connectivity index (χ0v) is 13.7. The highest BCUT2D eigenvalue weighted by molar-refractivity contribution is 7.21. The summed E-state index contributed by atoms with van der Waals surface area (Å²) in [6, 6.07) is 16.0. The monoisotopic (exact) mass is 310 g/mol. The molecule has 1 aromatic heterocycles. The molecule has 0 aliphatic carbocycles. The first-order valence-corrected chi connectivity index (χ1v) is 8.06. The van der Waals surface area contributed by atoms with Gasteiger partial charge in [-0.05, 0) is 35.2 Å². The van der Waals surface area contributed by atoms with Crippen LogP contribution in [0.2, 0.25) is 0 Å². The Balaban J connectivity index is 1.98. The van der Waals surface area contributed by atoms with Gasteiger partial charge in [-0.25, -0.2) is 0 Å². The maximum Gasteiger partial charge on any atom is 0.163 e. The largest absolute Gasteiger partial charge is 0.455 e. The SMILES string of the molecule is CC(C)(C)c1ccc(Oc2c(C=O)sc3ccccc23)cc1. The van der Waals surface area contributed by atoms with E-state index in [9.17, 15) is 4.79 Å². The average molecular weight is 310 g/mol. The van der Waals surface area contributed by atoms with E-state index in [4.69, 9.17) is 4.74 Å². The van der Waals surface area contributed by atoms with Gasteiger partial charge >= 0.3 is 0 Å². The molecule has 2 nitrogen and oxygen atoms in total. The fourth-order valence-corrected chi connectivity index (χ4v) is 3.31. The molecule has 3 rings (SSSR count). The van der Waals surface area contributed by atoms with Crippen molar-refractivity contribution in [1.29, 1.82) is 0 Å². The van der Waals surface area contributed by atoms with E-state index in [-0.39, 0.29) is 5.41 Å². The molecule has 0 aliphatic rings. The minimum atomic E-state index is 0.113. The first-order valence-electron chi connectivity index (χ1n) is 7.24. The van der Waals surface area contributed by atoms with Gasteiger partial charge in [0.2, 0.25) is 0 Å². The molecular formula is C19H18O2S. The van der Waals surface area contributed by atoms with Crippen LogP contribution in [0.5, 0.6) is 11.5 Å². The lowest BCUT2D eigenvalue weighted by atomic mass is 9.87. The van der Waals surface area contributed by atoms with Gasteiger partial charge in [0.25, 0.3) is 0 Å². The number of hydrogen-bond donors (Lipinski definition) is 0. The minimum Gasteiger partial charge on any atom is -0.455 e. The van der Waals surface area contributed by atoms with Crippen LogP contribution >= 0.6 is 11.3 Å². The Labute approximate surface area is 134 Å². The number of rotatable bonds is 3. The lowest BCUT2D eigenvalue weighted by Gasteiger charge is -2.19. The molecule has 3 aromatic rings. The molecule has 112 valence electrons. The molecule has 0 atom stereocenters. The summed E-state index contributed by atoms with van der Waals surface area (Å²) >= 11 is 1.46. The van der Waals surface area contributed by atoms with Crippen molar-refractivity contribution in [1.82, 2.24) is 0 Å². The van der Waals surface area contributed by atoms with E-state index in [1.807, 2.05) is 36.4 Å². The molecule has 0 aliphatic heterocycles. The third-order valence-electron chi connectivity index (χ3n) is 3.62. The van der Waals surface area contributed by atoms with Crippen molar-refractivity contribution in [2.24, 2.45) is 0 Å². The van der Waals surface area contributed by atoms with E-state index >= 15 is 0 Å². The molecule has 0 saturated carbocycles. The van der Waals surface area contributed by atoms with E-state index in [1.54, 1.807) is 0 Å². The zero-order chi connectivity index (χ0) is 15.7. The van der Waals surface area contributed by atoms with Gasteiger partial charge in [-0.2, -0.15) is 0 Å². The molecule has 0 unspecified atom stereocenters. The lowest BCUT2D eigenvalue weighted by molar-refractivity contribution is 0.112. The summed E-state index contributed by atoms with van der Waals surface area (Å²) in [5.74, 6) is 1.40. The van der Waals surface area contributed by atoms with Gasteiger partial charge in [0.05, 0.1) is 0 Å². The first kappa shape index (κ1) is 14.8. The average Bonchev–Trinajstić information content (AvgIpc) is 2.85. The van der Waals surface area contributed by atoms with Crippen molar-refractivity contribution in [3.05, 3.63) is 59.0 Å². The maximum absolute atomic E-state index is 11.3. The van der Waals surface area contributed by atoms with Crippen LogP contribution in [0.1, 0.15) is 36.0 Å². The summed E-state index contributed by atoms with van der Waals surface area (Å²) < 4.78 is 7.06. The van der Waals surface area contributed by atoms with Crippen LogP contribution < -0.4 is 4.74 Å². The Kier molecular flexibility index (Phi) is 3.75. The van der Waals surface area contributed by atoms with Crippen molar-refractivity contribution >= 4 is 27.7 Å². The Bertz CT molecular complexity index is 808. The number of carbonyl (C=O) groups is 1. The topological polar surface area (TPSA) is 26.3 Å². The third kappa shape index (κ3) is 2.77. The molecule has 0 spiro atoms. The van der Waals surface area contributed by atoms with Gasteiger partial charge in [0.1, 0.15) is 10.6 Å². The molecule has 2 aromatic carbocycles. The summed E-state index contributed by atoms with van der Waals surface area (Å²) in [7, 11) is 0. The van der Waals surface area contributed by atoms with Crippen molar-refractivity contribution in [2.45, 2.75) is 26.2 Å². The number of benzene rings is 2. The second-order valence-corrected chi connectivity index (χ2v) is 7.37. The molecule has 1 heterocycles. The number of carbonyl (C=O) groups excluding carboxylic acids is 1. The standard InChI is InChI=1S/C19H18O2S/c1-19(2,3)13-8-10-14(11-9-13)21-18-15-6-4-5-7-16(15)22-17(18)12-20/h4-12H,1-3H3. The highest BCUT2D eigenvalue weighted by atomic mass is 32.1. The van der Waals surface area contributed by atoms with Gasteiger partial charge in [-0.1, -0.05) is 45.0 Å². The lowest BCUT2D eigenvalue weighted by Crippen LogP contribution is -2.10. The Morgan fingerprint density at radius 1 is 1.00 bits per heavy atom. The van der Waals surface area contributed by atoms with Crippen LogP contribution in [0.25, 0.3) is 10.1 Å². The Morgan fingerprint density at radius 2 is 1.68 bits per heavy atom. The van der Waals surface area contributed by atoms with Crippen LogP contribution in [0, 0.1) is 0 Å². The van der Waals surface area contributed by atoms with Crippen LogP contribution in [-0.4, -0.2) is 6.29 Å². The second-order valence-electron chi connectivity index (χ2n) is 6.29. The van der Waals surface area contributed by atoms with E-state index in [0.29, 0.717) is 10.6 Å². The van der Waals surface area contributed by atoms with E-state index < -0.39 is 0 Å². The number of fused-ring (bicyclic) bond motifs is 1. The first-order chi connectivity index (χ1) is 10.5. The predicted molar refractivity (Wildman–Crippen MR) is 92.4 cm³/mol. The number of hydrogen-bond acceptors (Lipinski definition) is 3. The van der Waals surface area contributed by atoms with Gasteiger partial charge in [-0.3, -0.25) is 4.79 Å². The zero-order valence-electron chi connectivity index (χ0n) is 12.9. The number of ether oxygens (including phenoxy) is 1. The smallest absolute Gasteiger partial charge is 0.163 e. The highest BCUT2D eigenvalue weighted by Crippen LogP contribution is 2.39. The van der Waals surface area contributed by atoms with Crippen LogP contribution in [-0.2, 0) is 5.41 Å². The highest BCUT2D eigenvalue weighted by Gasteiger charge is 2.15. The van der Waals surface area contributed by atoms with Crippen molar-refractivity contribution in [2.75, 3.05) is 0 Å².